The Kier molecular flexibility index (Phi) is 6.50. The van der Waals surface area contributed by atoms with Gasteiger partial charge in [-0.15, -0.1) is 0 Å². The lowest BCUT2D eigenvalue weighted by molar-refractivity contribution is -0.138. The molecule has 0 aliphatic rings. The van der Waals surface area contributed by atoms with Crippen molar-refractivity contribution in [2.75, 3.05) is 11.9 Å². The summed E-state index contributed by atoms with van der Waals surface area (Å²) in [7, 11) is 0. The maximum Gasteiger partial charge on any atom is 0.330 e. The molecular weight excluding hydrogens is 254 g/mol. The van der Waals surface area contributed by atoms with E-state index in [-0.39, 0.29) is 5.91 Å². The summed E-state index contributed by atoms with van der Waals surface area (Å²) >= 11 is 0. The van der Waals surface area contributed by atoms with E-state index in [4.69, 9.17) is 4.74 Å². The highest BCUT2D eigenvalue weighted by Gasteiger charge is 2.02. The molecule has 0 radical (unpaired) electrons. The van der Waals surface area contributed by atoms with E-state index < -0.39 is 5.97 Å². The Hall–Kier alpha value is -2.10. The molecule has 0 fully saturated rings. The van der Waals surface area contributed by atoms with E-state index in [0.717, 1.165) is 30.0 Å². The summed E-state index contributed by atoms with van der Waals surface area (Å²) in [6, 6.07) is 5.65. The number of rotatable bonds is 6. The van der Waals surface area contributed by atoms with Crippen LogP contribution in [0.1, 0.15) is 30.9 Å². The summed E-state index contributed by atoms with van der Waals surface area (Å²) in [4.78, 5) is 22.9. The number of aryl methyl sites for hydroxylation is 2. The van der Waals surface area contributed by atoms with E-state index in [1.807, 2.05) is 39.0 Å². The first kappa shape index (κ1) is 16.0. The van der Waals surface area contributed by atoms with Gasteiger partial charge in [0.2, 0.25) is 5.91 Å². The molecule has 4 heteroatoms. The van der Waals surface area contributed by atoms with Gasteiger partial charge in [-0.25, -0.2) is 4.79 Å². The number of benzene rings is 1. The summed E-state index contributed by atoms with van der Waals surface area (Å²) in [6.07, 6.45) is 4.12. The van der Waals surface area contributed by atoms with Crippen molar-refractivity contribution in [1.82, 2.24) is 0 Å². The van der Waals surface area contributed by atoms with Crippen molar-refractivity contribution in [2.24, 2.45) is 0 Å². The van der Waals surface area contributed by atoms with Gasteiger partial charge in [-0.2, -0.15) is 0 Å². The summed E-state index contributed by atoms with van der Waals surface area (Å²) in [5, 5.41) is 2.70. The zero-order valence-corrected chi connectivity index (χ0v) is 12.2. The Bertz CT molecular complexity index is 506. The third-order valence-electron chi connectivity index (χ3n) is 2.89. The van der Waals surface area contributed by atoms with Gasteiger partial charge in [0, 0.05) is 17.8 Å². The molecule has 0 bridgehead atoms. The zero-order chi connectivity index (χ0) is 15.0. The monoisotopic (exact) mass is 275 g/mol. The third-order valence-corrected chi connectivity index (χ3v) is 2.89. The third kappa shape index (κ3) is 5.69. The van der Waals surface area contributed by atoms with Crippen LogP contribution >= 0.6 is 0 Å². The van der Waals surface area contributed by atoms with Gasteiger partial charge in [-0.05, 0) is 43.5 Å². The minimum absolute atomic E-state index is 0.347. The fourth-order valence-electron chi connectivity index (χ4n) is 1.51. The standard InChI is InChI=1S/C16H21NO3/c1-4-5-10-20-16(19)9-8-15(18)17-14-7-6-12(2)13(3)11-14/h6-9,11H,4-5,10H2,1-3H3,(H,17,18)/b9-8+. The molecule has 4 nitrogen and oxygen atoms in total. The average molecular weight is 275 g/mol. The van der Waals surface area contributed by atoms with E-state index in [1.165, 1.54) is 6.08 Å². The zero-order valence-electron chi connectivity index (χ0n) is 12.2. The normalized spacial score (nSPS) is 10.6. The number of hydrogen-bond donors (Lipinski definition) is 1. The second-order valence-electron chi connectivity index (χ2n) is 4.64. The number of unbranched alkanes of at least 4 members (excludes halogenated alkanes) is 1. The van der Waals surface area contributed by atoms with Gasteiger partial charge in [0.15, 0.2) is 0 Å². The van der Waals surface area contributed by atoms with Crippen LogP contribution in [0.15, 0.2) is 30.4 Å². The molecule has 0 unspecified atom stereocenters. The molecule has 0 saturated heterocycles. The predicted octanol–water partition coefficient (Wildman–Crippen LogP) is 3.14. The average Bonchev–Trinajstić information content (AvgIpc) is 2.41. The summed E-state index contributed by atoms with van der Waals surface area (Å²) < 4.78 is 4.91. The molecule has 20 heavy (non-hydrogen) atoms. The van der Waals surface area contributed by atoms with Gasteiger partial charge in [0.05, 0.1) is 6.61 Å². The first-order valence-corrected chi connectivity index (χ1v) is 6.76. The fraction of sp³-hybridized carbons (Fsp3) is 0.375. The first-order chi connectivity index (χ1) is 9.52. The highest BCUT2D eigenvalue weighted by Crippen LogP contribution is 2.13. The second-order valence-corrected chi connectivity index (χ2v) is 4.64. The van der Waals surface area contributed by atoms with Crippen LogP contribution in [0.25, 0.3) is 0 Å². The highest BCUT2D eigenvalue weighted by atomic mass is 16.5. The van der Waals surface area contributed by atoms with Crippen molar-refractivity contribution in [1.29, 1.82) is 0 Å². The van der Waals surface area contributed by atoms with Gasteiger partial charge in [0.25, 0.3) is 0 Å². The van der Waals surface area contributed by atoms with E-state index in [9.17, 15) is 9.59 Å². The van der Waals surface area contributed by atoms with Crippen molar-refractivity contribution in [2.45, 2.75) is 33.6 Å². The van der Waals surface area contributed by atoms with E-state index >= 15 is 0 Å². The first-order valence-electron chi connectivity index (χ1n) is 6.76. The van der Waals surface area contributed by atoms with Crippen molar-refractivity contribution in [3.63, 3.8) is 0 Å². The molecule has 1 N–H and O–H groups in total. The van der Waals surface area contributed by atoms with Gasteiger partial charge in [0.1, 0.15) is 0 Å². The number of carbonyl (C=O) groups excluding carboxylic acids is 2. The van der Waals surface area contributed by atoms with Crippen LogP contribution in [0.3, 0.4) is 0 Å². The number of ether oxygens (including phenoxy) is 1. The number of carbonyl (C=O) groups is 2. The van der Waals surface area contributed by atoms with Crippen LogP contribution in [0.4, 0.5) is 5.69 Å². The molecular formula is C16H21NO3. The van der Waals surface area contributed by atoms with Crippen molar-refractivity contribution >= 4 is 17.6 Å². The van der Waals surface area contributed by atoms with Crippen LogP contribution in [0.2, 0.25) is 0 Å². The van der Waals surface area contributed by atoms with Crippen molar-refractivity contribution < 1.29 is 14.3 Å². The number of amides is 1. The van der Waals surface area contributed by atoms with Gasteiger partial charge in [-0.1, -0.05) is 19.4 Å². The van der Waals surface area contributed by atoms with Crippen LogP contribution < -0.4 is 5.32 Å². The molecule has 1 aromatic carbocycles. The molecule has 1 rings (SSSR count). The highest BCUT2D eigenvalue weighted by molar-refractivity contribution is 6.02. The molecule has 0 atom stereocenters. The SMILES string of the molecule is CCCCOC(=O)/C=C/C(=O)Nc1ccc(C)c(C)c1. The minimum atomic E-state index is -0.492. The lowest BCUT2D eigenvalue weighted by Gasteiger charge is -2.05. The molecule has 1 aromatic rings. The molecule has 0 aliphatic carbocycles. The molecule has 0 heterocycles. The largest absolute Gasteiger partial charge is 0.463 e. The minimum Gasteiger partial charge on any atom is -0.463 e. The molecule has 0 aliphatic heterocycles. The Morgan fingerprint density at radius 3 is 2.60 bits per heavy atom. The summed E-state index contributed by atoms with van der Waals surface area (Å²) in [5.74, 6) is -0.839. The smallest absolute Gasteiger partial charge is 0.330 e. The van der Waals surface area contributed by atoms with E-state index in [2.05, 4.69) is 5.32 Å². The molecule has 0 spiro atoms. The number of nitrogens with one attached hydrogen (secondary N) is 1. The molecule has 0 saturated carbocycles. The maximum atomic E-state index is 11.6. The van der Waals surface area contributed by atoms with Gasteiger partial charge in [-0.3, -0.25) is 4.79 Å². The Morgan fingerprint density at radius 1 is 1.20 bits per heavy atom. The van der Waals surface area contributed by atoms with Crippen LogP contribution in [0.5, 0.6) is 0 Å². The molecule has 108 valence electrons. The van der Waals surface area contributed by atoms with Gasteiger partial charge < -0.3 is 10.1 Å². The number of esters is 1. The topological polar surface area (TPSA) is 55.4 Å². The van der Waals surface area contributed by atoms with Crippen molar-refractivity contribution in [3.8, 4) is 0 Å². The second kappa shape index (κ2) is 8.15. The Balaban J connectivity index is 2.46. The predicted molar refractivity (Wildman–Crippen MR) is 79.6 cm³/mol. The molecule has 0 aromatic heterocycles. The Labute approximate surface area is 119 Å². The quantitative estimate of drug-likeness (QED) is 0.493. The summed E-state index contributed by atoms with van der Waals surface area (Å²) in [6.45, 7) is 6.39. The molecule has 1 amide bonds. The maximum absolute atomic E-state index is 11.6. The van der Waals surface area contributed by atoms with E-state index in [0.29, 0.717) is 12.3 Å². The van der Waals surface area contributed by atoms with Crippen molar-refractivity contribution in [3.05, 3.63) is 41.5 Å². The van der Waals surface area contributed by atoms with Crippen LogP contribution in [-0.2, 0) is 14.3 Å². The van der Waals surface area contributed by atoms with Gasteiger partial charge >= 0.3 is 5.97 Å². The fourth-order valence-corrected chi connectivity index (χ4v) is 1.51. The Morgan fingerprint density at radius 2 is 1.95 bits per heavy atom. The number of anilines is 1. The number of hydrogen-bond acceptors (Lipinski definition) is 3. The summed E-state index contributed by atoms with van der Waals surface area (Å²) in [5.41, 5.74) is 2.98. The van der Waals surface area contributed by atoms with Crippen LogP contribution in [0, 0.1) is 13.8 Å². The van der Waals surface area contributed by atoms with Crippen LogP contribution in [-0.4, -0.2) is 18.5 Å². The van der Waals surface area contributed by atoms with E-state index in [1.54, 1.807) is 0 Å². The lowest BCUT2D eigenvalue weighted by Crippen LogP contribution is -2.10. The lowest BCUT2D eigenvalue weighted by atomic mass is 10.1.